The predicted molar refractivity (Wildman–Crippen MR) is 71.2 cm³/mol. The number of hydrogen-bond donors (Lipinski definition) is 2. The zero-order chi connectivity index (χ0) is 11.0. The average molecular weight is 285 g/mol. The minimum Gasteiger partial charge on any atom is -0.389 e. The molecule has 0 aromatic heterocycles. The van der Waals surface area contributed by atoms with E-state index >= 15 is 0 Å². The molecule has 1 aliphatic rings. The fourth-order valence-electron chi connectivity index (χ4n) is 1.57. The van der Waals surface area contributed by atoms with E-state index in [2.05, 4.69) is 28.2 Å². The van der Waals surface area contributed by atoms with E-state index < -0.39 is 0 Å². The third-order valence-electron chi connectivity index (χ3n) is 2.70. The minimum absolute atomic E-state index is 0.437. The summed E-state index contributed by atoms with van der Waals surface area (Å²) < 4.78 is 1.000. The maximum absolute atomic E-state index is 5.68. The van der Waals surface area contributed by atoms with E-state index in [4.69, 9.17) is 18.0 Å². The zero-order valence-electron chi connectivity index (χ0n) is 8.46. The summed E-state index contributed by atoms with van der Waals surface area (Å²) in [5, 5.41) is 3.45. The summed E-state index contributed by atoms with van der Waals surface area (Å²) >= 11 is 8.44. The molecule has 1 aromatic carbocycles. The minimum atomic E-state index is 0.437. The Labute approximate surface area is 103 Å². The molecule has 4 heteroatoms. The lowest BCUT2D eigenvalue weighted by Crippen LogP contribution is -2.14. The van der Waals surface area contributed by atoms with Crippen molar-refractivity contribution in [2.75, 3.05) is 5.32 Å². The lowest BCUT2D eigenvalue weighted by Gasteiger charge is -2.11. The van der Waals surface area contributed by atoms with Gasteiger partial charge in [0.05, 0.1) is 0 Å². The summed E-state index contributed by atoms with van der Waals surface area (Å²) in [6, 6.07) is 6.55. The fraction of sp³-hybridized carbons (Fsp3) is 0.364. The Balaban J connectivity index is 2.25. The second-order valence-electron chi connectivity index (χ2n) is 4.02. The summed E-state index contributed by atoms with van der Waals surface area (Å²) in [6.07, 6.45) is 1.23. The van der Waals surface area contributed by atoms with Crippen molar-refractivity contribution in [3.8, 4) is 0 Å². The van der Waals surface area contributed by atoms with Crippen LogP contribution >= 0.6 is 28.1 Å². The van der Waals surface area contributed by atoms with E-state index in [1.807, 2.05) is 18.2 Å². The number of nitrogens with one attached hydrogen (secondary N) is 1. The van der Waals surface area contributed by atoms with Crippen LogP contribution in [0.3, 0.4) is 0 Å². The van der Waals surface area contributed by atoms with Gasteiger partial charge in [-0.1, -0.05) is 35.1 Å². The van der Waals surface area contributed by atoms with Gasteiger partial charge in [0, 0.05) is 21.8 Å². The molecule has 80 valence electrons. The lowest BCUT2D eigenvalue weighted by atomic mass is 10.1. The van der Waals surface area contributed by atoms with Crippen LogP contribution in [-0.2, 0) is 0 Å². The van der Waals surface area contributed by atoms with Crippen LogP contribution in [0.2, 0.25) is 0 Å². The molecule has 2 nitrogen and oxygen atoms in total. The largest absolute Gasteiger partial charge is 0.389 e. The fourth-order valence-corrected chi connectivity index (χ4v) is 2.10. The molecule has 1 aliphatic carbocycles. The summed E-state index contributed by atoms with van der Waals surface area (Å²) in [7, 11) is 0. The second kappa shape index (κ2) is 4.10. The number of halogens is 1. The Kier molecular flexibility index (Phi) is 2.98. The van der Waals surface area contributed by atoms with Gasteiger partial charge in [-0.2, -0.15) is 0 Å². The van der Waals surface area contributed by atoms with Crippen molar-refractivity contribution >= 4 is 38.8 Å². The van der Waals surface area contributed by atoms with Crippen molar-refractivity contribution in [3.63, 3.8) is 0 Å². The van der Waals surface area contributed by atoms with Crippen molar-refractivity contribution in [1.29, 1.82) is 0 Å². The molecule has 2 unspecified atom stereocenters. The topological polar surface area (TPSA) is 38.0 Å². The molecule has 1 fully saturated rings. The Morgan fingerprint density at radius 2 is 2.27 bits per heavy atom. The Hall–Kier alpha value is -0.610. The van der Waals surface area contributed by atoms with Gasteiger partial charge in [0.1, 0.15) is 4.99 Å². The Bertz CT molecular complexity index is 406. The molecule has 1 aromatic rings. The molecule has 2 rings (SSSR count). The first kappa shape index (κ1) is 10.9. The predicted octanol–water partition coefficient (Wildman–Crippen LogP) is 2.90. The van der Waals surface area contributed by atoms with Crippen LogP contribution in [0.5, 0.6) is 0 Å². The number of hydrogen-bond acceptors (Lipinski definition) is 2. The van der Waals surface area contributed by atoms with E-state index in [1.165, 1.54) is 6.42 Å². The van der Waals surface area contributed by atoms with Crippen LogP contribution in [-0.4, -0.2) is 11.0 Å². The first-order valence-electron chi connectivity index (χ1n) is 4.94. The summed E-state index contributed by atoms with van der Waals surface area (Å²) in [5.74, 6) is 0.757. The molecule has 0 heterocycles. The number of rotatable bonds is 3. The standard InChI is InChI=1S/C11H13BrN2S/c1-6-4-10(6)14-9-3-2-7(12)5-8(9)11(13)15/h2-3,5-6,10,14H,4H2,1H3,(H2,13,15). The number of nitrogens with two attached hydrogens (primary N) is 1. The van der Waals surface area contributed by atoms with Gasteiger partial charge >= 0.3 is 0 Å². The molecule has 3 N–H and O–H groups in total. The molecule has 0 bridgehead atoms. The highest BCUT2D eigenvalue weighted by molar-refractivity contribution is 9.10. The van der Waals surface area contributed by atoms with Crippen LogP contribution in [0, 0.1) is 5.92 Å². The highest BCUT2D eigenvalue weighted by Gasteiger charge is 2.32. The highest BCUT2D eigenvalue weighted by Crippen LogP contribution is 2.34. The maximum Gasteiger partial charge on any atom is 0.106 e. The van der Waals surface area contributed by atoms with Crippen LogP contribution in [0.15, 0.2) is 22.7 Å². The summed E-state index contributed by atoms with van der Waals surface area (Å²) in [5.41, 5.74) is 7.64. The van der Waals surface area contributed by atoms with Gasteiger partial charge in [-0.3, -0.25) is 0 Å². The van der Waals surface area contributed by atoms with E-state index in [0.29, 0.717) is 11.0 Å². The molecule has 0 saturated heterocycles. The highest BCUT2D eigenvalue weighted by atomic mass is 79.9. The molecule has 0 radical (unpaired) electrons. The van der Waals surface area contributed by atoms with Crippen LogP contribution in [0.4, 0.5) is 5.69 Å². The monoisotopic (exact) mass is 284 g/mol. The lowest BCUT2D eigenvalue weighted by molar-refractivity contribution is 0.929. The summed E-state index contributed by atoms with van der Waals surface area (Å²) in [4.78, 5) is 0.437. The molecule has 2 atom stereocenters. The molecule has 15 heavy (non-hydrogen) atoms. The van der Waals surface area contributed by atoms with Crippen molar-refractivity contribution in [2.45, 2.75) is 19.4 Å². The van der Waals surface area contributed by atoms with Crippen molar-refractivity contribution in [1.82, 2.24) is 0 Å². The zero-order valence-corrected chi connectivity index (χ0v) is 10.9. The van der Waals surface area contributed by atoms with Gasteiger partial charge in [0.2, 0.25) is 0 Å². The number of anilines is 1. The molecule has 0 amide bonds. The second-order valence-corrected chi connectivity index (χ2v) is 5.37. The van der Waals surface area contributed by atoms with Gasteiger partial charge in [-0.05, 0) is 30.5 Å². The van der Waals surface area contributed by atoms with Crippen LogP contribution in [0.1, 0.15) is 18.9 Å². The van der Waals surface area contributed by atoms with Gasteiger partial charge in [-0.25, -0.2) is 0 Å². The first-order chi connectivity index (χ1) is 7.08. The van der Waals surface area contributed by atoms with E-state index in [0.717, 1.165) is 21.6 Å². The Morgan fingerprint density at radius 3 is 2.80 bits per heavy atom. The van der Waals surface area contributed by atoms with Gasteiger partial charge < -0.3 is 11.1 Å². The summed E-state index contributed by atoms with van der Waals surface area (Å²) in [6.45, 7) is 2.23. The van der Waals surface area contributed by atoms with E-state index in [-0.39, 0.29) is 0 Å². The molecule has 0 spiro atoms. The SMILES string of the molecule is CC1CC1Nc1ccc(Br)cc1C(N)=S. The third kappa shape index (κ3) is 2.49. The van der Waals surface area contributed by atoms with E-state index in [1.54, 1.807) is 0 Å². The average Bonchev–Trinajstić information content (AvgIpc) is 2.85. The first-order valence-corrected chi connectivity index (χ1v) is 6.14. The van der Waals surface area contributed by atoms with Crippen molar-refractivity contribution in [3.05, 3.63) is 28.2 Å². The van der Waals surface area contributed by atoms with Crippen molar-refractivity contribution in [2.24, 2.45) is 11.7 Å². The molecule has 1 saturated carbocycles. The van der Waals surface area contributed by atoms with Crippen molar-refractivity contribution < 1.29 is 0 Å². The quantitative estimate of drug-likeness (QED) is 0.839. The van der Waals surface area contributed by atoms with Gasteiger partial charge in [0.25, 0.3) is 0 Å². The third-order valence-corrected chi connectivity index (χ3v) is 3.41. The number of benzene rings is 1. The Morgan fingerprint density at radius 1 is 1.60 bits per heavy atom. The molecule has 0 aliphatic heterocycles. The van der Waals surface area contributed by atoms with Crippen LogP contribution < -0.4 is 11.1 Å². The smallest absolute Gasteiger partial charge is 0.106 e. The maximum atomic E-state index is 5.68. The molecular weight excluding hydrogens is 272 g/mol. The van der Waals surface area contributed by atoms with Gasteiger partial charge in [0.15, 0.2) is 0 Å². The van der Waals surface area contributed by atoms with Gasteiger partial charge in [-0.15, -0.1) is 0 Å². The normalized spacial score (nSPS) is 23.6. The number of thiocarbonyl (C=S) groups is 1. The van der Waals surface area contributed by atoms with Crippen LogP contribution in [0.25, 0.3) is 0 Å². The molecular formula is C11H13BrN2S. The van der Waals surface area contributed by atoms with E-state index in [9.17, 15) is 0 Å².